The van der Waals surface area contributed by atoms with Crippen LogP contribution in [0.1, 0.15) is 49.4 Å². The number of nitrogens with zero attached hydrogens (tertiary/aromatic N) is 5. The summed E-state index contributed by atoms with van der Waals surface area (Å²) in [6.07, 6.45) is 1.81. The van der Waals surface area contributed by atoms with Crippen LogP contribution < -0.4 is 5.32 Å². The van der Waals surface area contributed by atoms with Crippen LogP contribution in [0, 0.1) is 6.92 Å². The largest absolute Gasteiger partial charge is 0.383 e. The van der Waals surface area contributed by atoms with Gasteiger partial charge in [0.25, 0.3) is 5.91 Å². The highest BCUT2D eigenvalue weighted by Crippen LogP contribution is 2.26. The number of tetrazole rings is 1. The summed E-state index contributed by atoms with van der Waals surface area (Å²) < 4.78 is 6.80. The number of hydrogen-bond donors (Lipinski definition) is 1. The van der Waals surface area contributed by atoms with E-state index in [1.165, 1.54) is 0 Å². The standard InChI is InChI=1S/C22H28N6O2/c1-14-7-8-19(23-12-14)16-9-17(20(29)24-15(2)13-30-6)11-18(10-16)28-21(22(3,4)5)25-26-27-28/h7-12,15H,13H2,1-6H3,(H,24,29). The van der Waals surface area contributed by atoms with Gasteiger partial charge in [0.05, 0.1) is 18.0 Å². The number of carbonyl (C=O) groups excluding carboxylic acids is 1. The van der Waals surface area contributed by atoms with Gasteiger partial charge in [-0.1, -0.05) is 26.8 Å². The zero-order chi connectivity index (χ0) is 21.9. The smallest absolute Gasteiger partial charge is 0.251 e. The van der Waals surface area contributed by atoms with Crippen molar-refractivity contribution in [3.8, 4) is 16.9 Å². The fourth-order valence-electron chi connectivity index (χ4n) is 3.08. The van der Waals surface area contributed by atoms with Crippen LogP contribution in [0.4, 0.5) is 0 Å². The number of benzene rings is 1. The highest BCUT2D eigenvalue weighted by molar-refractivity contribution is 5.96. The van der Waals surface area contributed by atoms with E-state index in [-0.39, 0.29) is 17.4 Å². The molecule has 0 radical (unpaired) electrons. The van der Waals surface area contributed by atoms with E-state index in [2.05, 4.69) is 25.8 Å². The molecule has 158 valence electrons. The van der Waals surface area contributed by atoms with Crippen molar-refractivity contribution in [2.45, 2.75) is 46.1 Å². The van der Waals surface area contributed by atoms with E-state index in [1.807, 2.05) is 58.9 Å². The summed E-state index contributed by atoms with van der Waals surface area (Å²) in [4.78, 5) is 17.4. The maximum absolute atomic E-state index is 12.9. The zero-order valence-electron chi connectivity index (χ0n) is 18.3. The second-order valence-corrected chi connectivity index (χ2v) is 8.48. The van der Waals surface area contributed by atoms with Gasteiger partial charge in [0.1, 0.15) is 0 Å². The van der Waals surface area contributed by atoms with E-state index >= 15 is 0 Å². The first-order chi connectivity index (χ1) is 14.2. The van der Waals surface area contributed by atoms with E-state index < -0.39 is 0 Å². The zero-order valence-corrected chi connectivity index (χ0v) is 18.3. The molecule has 8 heteroatoms. The lowest BCUT2D eigenvalue weighted by atomic mass is 9.95. The Labute approximate surface area is 176 Å². The molecule has 2 heterocycles. The maximum atomic E-state index is 12.9. The minimum atomic E-state index is -0.267. The van der Waals surface area contributed by atoms with Gasteiger partial charge in [0, 0.05) is 35.9 Å². The first kappa shape index (κ1) is 21.6. The van der Waals surface area contributed by atoms with Gasteiger partial charge < -0.3 is 10.1 Å². The SMILES string of the molecule is COCC(C)NC(=O)c1cc(-c2ccc(C)cn2)cc(-n2nnnc2C(C)(C)C)c1. The molecule has 0 spiro atoms. The minimum Gasteiger partial charge on any atom is -0.383 e. The van der Waals surface area contributed by atoms with Crippen LogP contribution in [0.3, 0.4) is 0 Å². The number of amides is 1. The summed E-state index contributed by atoms with van der Waals surface area (Å²) in [6, 6.07) is 9.37. The first-order valence-corrected chi connectivity index (χ1v) is 9.86. The molecule has 1 N–H and O–H groups in total. The Morgan fingerprint density at radius 3 is 2.63 bits per heavy atom. The summed E-state index contributed by atoms with van der Waals surface area (Å²) in [5.41, 5.74) is 3.59. The average Bonchev–Trinajstić information content (AvgIpc) is 3.19. The summed E-state index contributed by atoms with van der Waals surface area (Å²) >= 11 is 0. The monoisotopic (exact) mass is 408 g/mol. The Morgan fingerprint density at radius 2 is 2.00 bits per heavy atom. The van der Waals surface area contributed by atoms with E-state index in [0.29, 0.717) is 23.7 Å². The van der Waals surface area contributed by atoms with E-state index in [1.54, 1.807) is 24.1 Å². The van der Waals surface area contributed by atoms with Crippen LogP contribution in [0.15, 0.2) is 36.5 Å². The second-order valence-electron chi connectivity index (χ2n) is 8.48. The van der Waals surface area contributed by atoms with Gasteiger partial charge >= 0.3 is 0 Å². The number of rotatable bonds is 6. The van der Waals surface area contributed by atoms with Crippen LogP contribution in [-0.4, -0.2) is 50.9 Å². The third kappa shape index (κ3) is 4.88. The van der Waals surface area contributed by atoms with Crippen molar-refractivity contribution in [3.63, 3.8) is 0 Å². The van der Waals surface area contributed by atoms with Crippen molar-refractivity contribution in [2.75, 3.05) is 13.7 Å². The molecule has 1 atom stereocenters. The molecule has 3 rings (SSSR count). The van der Waals surface area contributed by atoms with E-state index in [0.717, 1.165) is 16.8 Å². The molecular weight excluding hydrogens is 380 g/mol. The fraction of sp³-hybridized carbons (Fsp3) is 0.409. The van der Waals surface area contributed by atoms with Crippen molar-refractivity contribution in [1.29, 1.82) is 0 Å². The van der Waals surface area contributed by atoms with Crippen LogP contribution in [-0.2, 0) is 10.2 Å². The molecule has 2 aromatic heterocycles. The Bertz CT molecular complexity index is 1020. The maximum Gasteiger partial charge on any atom is 0.251 e. The summed E-state index contributed by atoms with van der Waals surface area (Å²) in [6.45, 7) is 10.4. The number of pyridine rings is 1. The van der Waals surface area contributed by atoms with Crippen molar-refractivity contribution in [1.82, 2.24) is 30.5 Å². The molecule has 0 fully saturated rings. The van der Waals surface area contributed by atoms with Crippen LogP contribution >= 0.6 is 0 Å². The van der Waals surface area contributed by atoms with Crippen molar-refractivity contribution >= 4 is 5.91 Å². The molecule has 3 aromatic rings. The Morgan fingerprint density at radius 1 is 1.23 bits per heavy atom. The van der Waals surface area contributed by atoms with Crippen LogP contribution in [0.25, 0.3) is 16.9 Å². The average molecular weight is 409 g/mol. The van der Waals surface area contributed by atoms with Gasteiger partial charge in [-0.05, 0) is 54.1 Å². The molecule has 0 aliphatic carbocycles. The number of hydrogen-bond acceptors (Lipinski definition) is 6. The molecule has 0 bridgehead atoms. The van der Waals surface area contributed by atoms with E-state index in [4.69, 9.17) is 4.74 Å². The lowest BCUT2D eigenvalue weighted by Crippen LogP contribution is -2.35. The second kappa shape index (κ2) is 8.71. The molecule has 0 saturated carbocycles. The van der Waals surface area contributed by atoms with Gasteiger partial charge in [-0.15, -0.1) is 5.10 Å². The molecule has 30 heavy (non-hydrogen) atoms. The predicted molar refractivity (Wildman–Crippen MR) is 115 cm³/mol. The molecule has 0 aliphatic rings. The van der Waals surface area contributed by atoms with Gasteiger partial charge in [0.15, 0.2) is 5.82 Å². The first-order valence-electron chi connectivity index (χ1n) is 9.86. The Hall–Kier alpha value is -3.13. The Kier molecular flexibility index (Phi) is 6.26. The van der Waals surface area contributed by atoms with Crippen molar-refractivity contribution in [3.05, 3.63) is 53.5 Å². The molecule has 1 aromatic carbocycles. The molecule has 1 unspecified atom stereocenters. The molecule has 1 amide bonds. The molecular formula is C22H28N6O2. The highest BCUT2D eigenvalue weighted by Gasteiger charge is 2.24. The number of carbonyl (C=O) groups is 1. The summed E-state index contributed by atoms with van der Waals surface area (Å²) in [7, 11) is 1.61. The third-order valence-corrected chi connectivity index (χ3v) is 4.57. The van der Waals surface area contributed by atoms with Gasteiger partial charge in [0.2, 0.25) is 0 Å². The lowest BCUT2D eigenvalue weighted by molar-refractivity contribution is 0.0905. The van der Waals surface area contributed by atoms with Gasteiger partial charge in [-0.3, -0.25) is 9.78 Å². The molecule has 8 nitrogen and oxygen atoms in total. The number of nitrogens with one attached hydrogen (secondary N) is 1. The minimum absolute atomic E-state index is 0.120. The van der Waals surface area contributed by atoms with Gasteiger partial charge in [-0.2, -0.15) is 4.68 Å². The Balaban J connectivity index is 2.10. The highest BCUT2D eigenvalue weighted by atomic mass is 16.5. The number of methoxy groups -OCH3 is 1. The van der Waals surface area contributed by atoms with Crippen LogP contribution in [0.5, 0.6) is 0 Å². The molecule has 0 saturated heterocycles. The molecule has 0 aliphatic heterocycles. The number of aryl methyl sites for hydroxylation is 1. The third-order valence-electron chi connectivity index (χ3n) is 4.57. The van der Waals surface area contributed by atoms with Gasteiger partial charge in [-0.25, -0.2) is 0 Å². The predicted octanol–water partition coefficient (Wildman–Crippen LogP) is 3.09. The van der Waals surface area contributed by atoms with Crippen molar-refractivity contribution < 1.29 is 9.53 Å². The van der Waals surface area contributed by atoms with Crippen molar-refractivity contribution in [2.24, 2.45) is 0 Å². The summed E-state index contributed by atoms with van der Waals surface area (Å²) in [5, 5.41) is 15.2. The lowest BCUT2D eigenvalue weighted by Gasteiger charge is -2.18. The quantitative estimate of drug-likeness (QED) is 0.673. The summed E-state index contributed by atoms with van der Waals surface area (Å²) in [5.74, 6) is 0.510. The number of ether oxygens (including phenoxy) is 1. The number of aromatic nitrogens is 5. The normalized spacial score (nSPS) is 12.6. The topological polar surface area (TPSA) is 94.8 Å². The van der Waals surface area contributed by atoms with Crippen LogP contribution in [0.2, 0.25) is 0 Å². The van der Waals surface area contributed by atoms with E-state index in [9.17, 15) is 4.79 Å². The fourth-order valence-corrected chi connectivity index (χ4v) is 3.08.